The van der Waals surface area contributed by atoms with Gasteiger partial charge in [-0.15, -0.1) is 0 Å². The fourth-order valence-corrected chi connectivity index (χ4v) is 2.70. The third-order valence-corrected chi connectivity index (χ3v) is 3.98. The van der Waals surface area contributed by atoms with E-state index in [9.17, 15) is 14.4 Å². The van der Waals surface area contributed by atoms with E-state index in [0.717, 1.165) is 0 Å². The molecule has 0 spiro atoms. The van der Waals surface area contributed by atoms with Crippen LogP contribution >= 0.6 is 0 Å². The Kier molecular flexibility index (Phi) is 6.75. The van der Waals surface area contributed by atoms with Crippen LogP contribution in [0.4, 0.5) is 10.5 Å². The maximum absolute atomic E-state index is 12.5. The summed E-state index contributed by atoms with van der Waals surface area (Å²) in [5.74, 6) is -0.634. The number of amides is 3. The van der Waals surface area contributed by atoms with Gasteiger partial charge in [-0.25, -0.2) is 4.79 Å². The summed E-state index contributed by atoms with van der Waals surface area (Å²) in [5, 5.41) is 12.6. The zero-order chi connectivity index (χ0) is 20.0. The molecule has 2 rings (SSSR count). The highest BCUT2D eigenvalue weighted by Gasteiger charge is 2.33. The van der Waals surface area contributed by atoms with Gasteiger partial charge in [-0.2, -0.15) is 0 Å². The molecule has 9 heteroatoms. The van der Waals surface area contributed by atoms with E-state index < -0.39 is 12.1 Å². The summed E-state index contributed by atoms with van der Waals surface area (Å²) in [5.41, 5.74) is 6.69. The molecule has 9 nitrogen and oxygen atoms in total. The quantitative estimate of drug-likeness (QED) is 0.316. The van der Waals surface area contributed by atoms with E-state index in [2.05, 4.69) is 10.6 Å². The number of hydrogen-bond donors (Lipinski definition) is 4. The van der Waals surface area contributed by atoms with E-state index in [1.807, 2.05) is 0 Å². The predicted octanol–water partition coefficient (Wildman–Crippen LogP) is 0.717. The molecule has 1 aromatic carbocycles. The Balaban J connectivity index is 1.81. The summed E-state index contributed by atoms with van der Waals surface area (Å²) in [7, 11) is 0. The number of amidine groups is 1. The van der Waals surface area contributed by atoms with E-state index in [1.54, 1.807) is 43.0 Å². The molecule has 3 amide bonds. The van der Waals surface area contributed by atoms with Crippen LogP contribution in [0.15, 0.2) is 24.3 Å². The number of nitrogens with zero attached hydrogens (tertiary/aromatic N) is 1. The van der Waals surface area contributed by atoms with Gasteiger partial charge in [-0.3, -0.25) is 15.0 Å². The summed E-state index contributed by atoms with van der Waals surface area (Å²) in [6.07, 6.45) is 0.354. The van der Waals surface area contributed by atoms with Crippen LogP contribution in [-0.4, -0.2) is 49.0 Å². The van der Waals surface area contributed by atoms with Crippen molar-refractivity contribution in [2.24, 2.45) is 5.73 Å². The van der Waals surface area contributed by atoms with Gasteiger partial charge in [0.1, 0.15) is 11.9 Å². The molecule has 1 aliphatic heterocycles. The van der Waals surface area contributed by atoms with Crippen molar-refractivity contribution >= 4 is 29.4 Å². The lowest BCUT2D eigenvalue weighted by Crippen LogP contribution is -2.46. The number of nitrogens with two attached hydrogens (primary N) is 1. The molecular formula is C18H25N5O4. The molecule has 1 aromatic rings. The molecule has 1 atom stereocenters. The van der Waals surface area contributed by atoms with Gasteiger partial charge in [-0.1, -0.05) is 0 Å². The van der Waals surface area contributed by atoms with Crippen molar-refractivity contribution in [3.05, 3.63) is 29.8 Å². The number of rotatable bonds is 7. The summed E-state index contributed by atoms with van der Waals surface area (Å²) in [6.45, 7) is 4.12. The van der Waals surface area contributed by atoms with Crippen molar-refractivity contribution < 1.29 is 19.1 Å². The molecule has 1 saturated heterocycles. The minimum Gasteiger partial charge on any atom is -0.463 e. The van der Waals surface area contributed by atoms with E-state index in [0.29, 0.717) is 24.2 Å². The van der Waals surface area contributed by atoms with Gasteiger partial charge in [0.25, 0.3) is 0 Å². The zero-order valence-corrected chi connectivity index (χ0v) is 15.5. The summed E-state index contributed by atoms with van der Waals surface area (Å²) < 4.78 is 4.98. The summed E-state index contributed by atoms with van der Waals surface area (Å²) in [6, 6.07) is 5.66. The van der Waals surface area contributed by atoms with E-state index in [-0.39, 0.29) is 36.8 Å². The van der Waals surface area contributed by atoms with Gasteiger partial charge >= 0.3 is 12.0 Å². The molecule has 0 radical (unpaired) electrons. The van der Waals surface area contributed by atoms with Crippen molar-refractivity contribution in [3.63, 3.8) is 0 Å². The number of carbonyl (C=O) groups excluding carboxylic acids is 3. The monoisotopic (exact) mass is 375 g/mol. The SMILES string of the molecule is CC(C)OC(=O)CCNC(=O)N[C@H]1CCN(c2ccc(C(=N)N)cc2)C1=O. The van der Waals surface area contributed by atoms with Crippen molar-refractivity contribution in [3.8, 4) is 0 Å². The minimum atomic E-state index is -0.625. The van der Waals surface area contributed by atoms with Crippen LogP contribution in [-0.2, 0) is 14.3 Å². The van der Waals surface area contributed by atoms with E-state index >= 15 is 0 Å². The third kappa shape index (κ3) is 5.70. The second kappa shape index (κ2) is 9.02. The lowest BCUT2D eigenvalue weighted by atomic mass is 10.2. The lowest BCUT2D eigenvalue weighted by Gasteiger charge is -2.18. The molecule has 1 aliphatic rings. The molecule has 0 bridgehead atoms. The molecular weight excluding hydrogens is 350 g/mol. The smallest absolute Gasteiger partial charge is 0.315 e. The number of ether oxygens (including phenoxy) is 1. The number of benzene rings is 1. The normalized spacial score (nSPS) is 16.3. The van der Waals surface area contributed by atoms with Crippen LogP contribution < -0.4 is 21.3 Å². The fraction of sp³-hybridized carbons (Fsp3) is 0.444. The third-order valence-electron chi connectivity index (χ3n) is 3.98. The number of esters is 1. The molecule has 0 aromatic heterocycles. The zero-order valence-electron chi connectivity index (χ0n) is 15.5. The van der Waals surface area contributed by atoms with Crippen molar-refractivity contribution in [2.45, 2.75) is 38.8 Å². The van der Waals surface area contributed by atoms with Crippen LogP contribution in [0, 0.1) is 5.41 Å². The van der Waals surface area contributed by atoms with Crippen LogP contribution in [0.25, 0.3) is 0 Å². The largest absolute Gasteiger partial charge is 0.463 e. The van der Waals surface area contributed by atoms with Crippen molar-refractivity contribution in [2.75, 3.05) is 18.0 Å². The molecule has 0 aliphatic carbocycles. The molecule has 1 heterocycles. The Bertz CT molecular complexity index is 717. The van der Waals surface area contributed by atoms with Gasteiger partial charge in [-0.05, 0) is 44.5 Å². The second-order valence-corrected chi connectivity index (χ2v) is 6.48. The Morgan fingerprint density at radius 1 is 1.33 bits per heavy atom. The molecule has 146 valence electrons. The first kappa shape index (κ1) is 20.2. The van der Waals surface area contributed by atoms with Gasteiger partial charge < -0.3 is 26.0 Å². The van der Waals surface area contributed by atoms with Crippen LogP contribution in [0.5, 0.6) is 0 Å². The predicted molar refractivity (Wildman–Crippen MR) is 101 cm³/mol. The number of nitrogen functional groups attached to an aromatic ring is 1. The number of urea groups is 1. The molecule has 0 unspecified atom stereocenters. The van der Waals surface area contributed by atoms with Crippen molar-refractivity contribution in [1.29, 1.82) is 5.41 Å². The van der Waals surface area contributed by atoms with Crippen LogP contribution in [0.3, 0.4) is 0 Å². The lowest BCUT2D eigenvalue weighted by molar-refractivity contribution is -0.147. The number of nitrogens with one attached hydrogen (secondary N) is 3. The summed E-state index contributed by atoms with van der Waals surface area (Å²) >= 11 is 0. The van der Waals surface area contributed by atoms with Crippen LogP contribution in [0.1, 0.15) is 32.3 Å². The Morgan fingerprint density at radius 2 is 2.00 bits per heavy atom. The topological polar surface area (TPSA) is 138 Å². The Hall–Kier alpha value is -3.10. The second-order valence-electron chi connectivity index (χ2n) is 6.48. The molecule has 27 heavy (non-hydrogen) atoms. The maximum atomic E-state index is 12.5. The average Bonchev–Trinajstić information content (AvgIpc) is 2.95. The molecule has 1 fully saturated rings. The minimum absolute atomic E-state index is 0.0391. The standard InChI is InChI=1S/C18H25N5O4/c1-11(2)27-15(24)7-9-21-18(26)22-14-8-10-23(17(14)25)13-5-3-12(4-6-13)16(19)20/h3-6,11,14H,7-10H2,1-2H3,(H3,19,20)(H2,21,22,26)/t14-/m0/s1. The first-order valence-electron chi connectivity index (χ1n) is 8.77. The number of carbonyl (C=O) groups is 3. The number of hydrogen-bond acceptors (Lipinski definition) is 5. The van der Waals surface area contributed by atoms with Gasteiger partial charge in [0, 0.05) is 24.3 Å². The number of anilines is 1. The van der Waals surface area contributed by atoms with Gasteiger partial charge in [0.05, 0.1) is 12.5 Å². The van der Waals surface area contributed by atoms with E-state index in [1.165, 1.54) is 0 Å². The summed E-state index contributed by atoms with van der Waals surface area (Å²) in [4.78, 5) is 37.4. The van der Waals surface area contributed by atoms with Gasteiger partial charge in [0.15, 0.2) is 0 Å². The Labute approximate surface area is 157 Å². The average molecular weight is 375 g/mol. The van der Waals surface area contributed by atoms with E-state index in [4.69, 9.17) is 15.9 Å². The highest BCUT2D eigenvalue weighted by atomic mass is 16.5. The highest BCUT2D eigenvalue weighted by molar-refractivity contribution is 6.02. The Morgan fingerprint density at radius 3 is 2.59 bits per heavy atom. The maximum Gasteiger partial charge on any atom is 0.315 e. The fourth-order valence-electron chi connectivity index (χ4n) is 2.70. The van der Waals surface area contributed by atoms with Crippen molar-refractivity contribution in [1.82, 2.24) is 10.6 Å². The van der Waals surface area contributed by atoms with Gasteiger partial charge in [0.2, 0.25) is 5.91 Å². The highest BCUT2D eigenvalue weighted by Crippen LogP contribution is 2.22. The first-order chi connectivity index (χ1) is 12.8. The molecule has 5 N–H and O–H groups in total. The first-order valence-corrected chi connectivity index (χ1v) is 8.77. The van der Waals surface area contributed by atoms with Crippen LogP contribution in [0.2, 0.25) is 0 Å². The molecule has 0 saturated carbocycles.